The van der Waals surface area contributed by atoms with Crippen molar-refractivity contribution in [1.82, 2.24) is 4.67 Å². The van der Waals surface area contributed by atoms with Crippen LogP contribution in [0.2, 0.25) is 0 Å². The molecule has 0 amide bonds. The SMILES string of the molecule is CCc1cc(CC)cc(C2(c3cc(CC)cc(CC)c3)OP(N3CCCCC3)OC(c3cc(CC)cc(CC)c3)(c3cc(CC)cc(CC)c3)C3OC(C)(C)OC32)c1. The number of rotatable bonds is 13. The van der Waals surface area contributed by atoms with Crippen molar-refractivity contribution in [3.63, 3.8) is 0 Å². The molecular formula is C52H70NO4P. The maximum atomic E-state index is 8.20. The van der Waals surface area contributed by atoms with Crippen LogP contribution in [0.1, 0.15) is 155 Å². The first-order valence-corrected chi connectivity index (χ1v) is 23.9. The monoisotopic (exact) mass is 804 g/mol. The highest BCUT2D eigenvalue weighted by Crippen LogP contribution is 2.66. The molecule has 4 aromatic rings. The van der Waals surface area contributed by atoms with E-state index in [9.17, 15) is 0 Å². The van der Waals surface area contributed by atoms with Gasteiger partial charge in [0.2, 0.25) is 0 Å². The van der Waals surface area contributed by atoms with Gasteiger partial charge in [-0.25, -0.2) is 4.67 Å². The molecule has 0 aliphatic carbocycles. The topological polar surface area (TPSA) is 40.2 Å². The molecule has 0 aromatic heterocycles. The Morgan fingerprint density at radius 1 is 0.431 bits per heavy atom. The molecule has 3 fully saturated rings. The van der Waals surface area contributed by atoms with Crippen LogP contribution in [-0.2, 0) is 81.1 Å². The van der Waals surface area contributed by atoms with E-state index in [4.69, 9.17) is 18.5 Å². The van der Waals surface area contributed by atoms with Gasteiger partial charge in [-0.1, -0.05) is 135 Å². The van der Waals surface area contributed by atoms with Crippen LogP contribution in [-0.4, -0.2) is 35.8 Å². The molecule has 6 heteroatoms. The molecule has 312 valence electrons. The van der Waals surface area contributed by atoms with Crippen molar-refractivity contribution in [3.05, 3.63) is 140 Å². The Morgan fingerprint density at radius 2 is 0.690 bits per heavy atom. The molecule has 0 spiro atoms. The minimum absolute atomic E-state index is 0.570. The third-order valence-electron chi connectivity index (χ3n) is 13.1. The summed E-state index contributed by atoms with van der Waals surface area (Å²) in [6, 6.07) is 28.8. The number of aryl methyl sites for hydroxylation is 8. The van der Waals surface area contributed by atoms with Crippen LogP contribution in [0.4, 0.5) is 0 Å². The van der Waals surface area contributed by atoms with Crippen molar-refractivity contribution in [2.45, 2.75) is 169 Å². The van der Waals surface area contributed by atoms with Crippen molar-refractivity contribution >= 4 is 8.53 Å². The molecule has 0 saturated carbocycles. The zero-order valence-corrected chi connectivity index (χ0v) is 38.2. The molecule has 3 aliphatic rings. The average Bonchev–Trinajstić information content (AvgIpc) is 3.54. The van der Waals surface area contributed by atoms with Gasteiger partial charge < -0.3 is 18.5 Å². The Hall–Kier alpha value is -2.89. The van der Waals surface area contributed by atoms with E-state index in [1.54, 1.807) is 0 Å². The number of nitrogens with zero attached hydrogens (tertiary/aromatic N) is 1. The van der Waals surface area contributed by atoms with Gasteiger partial charge in [-0.3, -0.25) is 0 Å². The van der Waals surface area contributed by atoms with Crippen LogP contribution in [0.25, 0.3) is 0 Å². The fraction of sp³-hybridized carbons (Fsp3) is 0.538. The molecule has 2 atom stereocenters. The maximum absolute atomic E-state index is 8.20. The van der Waals surface area contributed by atoms with Gasteiger partial charge in [0.1, 0.15) is 12.2 Å². The summed E-state index contributed by atoms with van der Waals surface area (Å²) in [5, 5.41) is 0. The minimum atomic E-state index is -1.68. The van der Waals surface area contributed by atoms with E-state index in [1.165, 1.54) is 50.9 Å². The molecule has 0 bridgehead atoms. The van der Waals surface area contributed by atoms with Crippen LogP contribution in [0, 0.1) is 0 Å². The minimum Gasteiger partial charge on any atom is -0.341 e. The van der Waals surface area contributed by atoms with Gasteiger partial charge >= 0.3 is 0 Å². The van der Waals surface area contributed by atoms with Crippen LogP contribution in [0.5, 0.6) is 0 Å². The predicted molar refractivity (Wildman–Crippen MR) is 241 cm³/mol. The molecule has 5 nitrogen and oxygen atoms in total. The van der Waals surface area contributed by atoms with E-state index in [0.29, 0.717) is 0 Å². The lowest BCUT2D eigenvalue weighted by Gasteiger charge is -2.43. The van der Waals surface area contributed by atoms with Gasteiger partial charge in [0, 0.05) is 13.1 Å². The second-order valence-electron chi connectivity index (χ2n) is 17.4. The number of hydrogen-bond acceptors (Lipinski definition) is 5. The Labute approximate surface area is 352 Å². The smallest absolute Gasteiger partial charge is 0.261 e. The molecular weight excluding hydrogens is 734 g/mol. The molecule has 58 heavy (non-hydrogen) atoms. The molecule has 0 radical (unpaired) electrons. The number of benzene rings is 4. The lowest BCUT2D eigenvalue weighted by Crippen LogP contribution is -2.54. The van der Waals surface area contributed by atoms with E-state index in [1.807, 2.05) is 0 Å². The first kappa shape index (κ1) is 43.2. The van der Waals surface area contributed by atoms with Crippen LogP contribution in [0.3, 0.4) is 0 Å². The molecule has 0 N–H and O–H groups in total. The molecule has 3 saturated heterocycles. The zero-order chi connectivity index (χ0) is 41.2. The number of piperidine rings is 1. The van der Waals surface area contributed by atoms with Crippen molar-refractivity contribution in [2.24, 2.45) is 0 Å². The summed E-state index contributed by atoms with van der Waals surface area (Å²) in [4.78, 5) is 0. The highest BCUT2D eigenvalue weighted by Gasteiger charge is 2.67. The highest BCUT2D eigenvalue weighted by atomic mass is 31.2. The summed E-state index contributed by atoms with van der Waals surface area (Å²) >= 11 is 0. The average molecular weight is 804 g/mol. The summed E-state index contributed by atoms with van der Waals surface area (Å²) < 4.78 is 34.1. The van der Waals surface area contributed by atoms with E-state index in [0.717, 1.165) is 99.6 Å². The summed E-state index contributed by atoms with van der Waals surface area (Å²) in [5.74, 6) is -0.929. The van der Waals surface area contributed by atoms with Crippen LogP contribution in [0.15, 0.2) is 72.8 Å². The van der Waals surface area contributed by atoms with Crippen LogP contribution < -0.4 is 0 Å². The Kier molecular flexibility index (Phi) is 13.4. The number of fused-ring (bicyclic) bond motifs is 1. The van der Waals surface area contributed by atoms with Gasteiger partial charge in [-0.2, -0.15) is 0 Å². The first-order valence-electron chi connectivity index (χ1n) is 22.8. The highest BCUT2D eigenvalue weighted by molar-refractivity contribution is 7.44. The Morgan fingerprint density at radius 3 is 0.931 bits per heavy atom. The summed E-state index contributed by atoms with van der Waals surface area (Å²) in [5.41, 5.74) is 12.9. The lowest BCUT2D eigenvalue weighted by molar-refractivity contribution is -0.175. The van der Waals surface area contributed by atoms with Crippen molar-refractivity contribution in [3.8, 4) is 0 Å². The molecule has 4 aromatic carbocycles. The van der Waals surface area contributed by atoms with Gasteiger partial charge in [0.25, 0.3) is 8.53 Å². The number of ether oxygens (including phenoxy) is 2. The molecule has 3 heterocycles. The van der Waals surface area contributed by atoms with E-state index in [-0.39, 0.29) is 0 Å². The van der Waals surface area contributed by atoms with Gasteiger partial charge in [0.15, 0.2) is 17.0 Å². The standard InChI is InChI=1S/C52H70NO4P/c1-11-36-24-37(12-2)29-44(28-36)51(45-30-38(13-3)25-39(14-4)31-45)48-49(55-50(9,10)54-48)52(46-32-40(15-5)26-41(16-6)33-46,47-34-42(17-7)27-43(18-8)35-47)57-58(56-51)53-22-20-19-21-23-53/h24-35,48-49H,11-23H2,1-10H3. The number of hydrogen-bond donors (Lipinski definition) is 0. The van der Waals surface area contributed by atoms with Gasteiger partial charge in [-0.15, -0.1) is 0 Å². The van der Waals surface area contributed by atoms with Crippen LogP contribution >= 0.6 is 8.53 Å². The van der Waals surface area contributed by atoms with E-state index >= 15 is 0 Å². The Balaban J connectivity index is 1.67. The lowest BCUT2D eigenvalue weighted by atomic mass is 9.70. The normalized spacial score (nSPS) is 22.8. The predicted octanol–water partition coefficient (Wildman–Crippen LogP) is 12.7. The summed E-state index contributed by atoms with van der Waals surface area (Å²) in [6.07, 6.45) is 9.74. The summed E-state index contributed by atoms with van der Waals surface area (Å²) in [7, 11) is -1.68. The second-order valence-corrected chi connectivity index (χ2v) is 18.8. The Bertz CT molecular complexity index is 1710. The fourth-order valence-electron chi connectivity index (χ4n) is 9.62. The van der Waals surface area contributed by atoms with Crippen molar-refractivity contribution in [1.29, 1.82) is 0 Å². The fourth-order valence-corrected chi connectivity index (χ4v) is 11.6. The van der Waals surface area contributed by atoms with E-state index < -0.39 is 37.7 Å². The largest absolute Gasteiger partial charge is 0.341 e. The van der Waals surface area contributed by atoms with E-state index in [2.05, 4.69) is 147 Å². The second kappa shape index (κ2) is 18.0. The van der Waals surface area contributed by atoms with Gasteiger partial charge in [0.05, 0.1) is 0 Å². The van der Waals surface area contributed by atoms with Gasteiger partial charge in [-0.05, 0) is 145 Å². The van der Waals surface area contributed by atoms with Crippen molar-refractivity contribution in [2.75, 3.05) is 13.1 Å². The molecule has 3 aliphatic heterocycles. The third kappa shape index (κ3) is 8.14. The van der Waals surface area contributed by atoms with Crippen molar-refractivity contribution < 1.29 is 18.5 Å². The molecule has 7 rings (SSSR count). The zero-order valence-electron chi connectivity index (χ0n) is 37.3. The quantitative estimate of drug-likeness (QED) is 0.126. The maximum Gasteiger partial charge on any atom is 0.261 e. The summed E-state index contributed by atoms with van der Waals surface area (Å²) in [6.45, 7) is 24.1. The molecule has 2 unspecified atom stereocenters. The first-order chi connectivity index (χ1) is 28.0. The third-order valence-corrected chi connectivity index (χ3v) is 14.8.